The van der Waals surface area contributed by atoms with Crippen LogP contribution in [0.15, 0.2) is 18.2 Å². The molecular formula is C15H16ClFO. The van der Waals surface area contributed by atoms with Gasteiger partial charge in [0.25, 0.3) is 0 Å². The molecule has 2 rings (SSSR count). The summed E-state index contributed by atoms with van der Waals surface area (Å²) in [6, 6.07) is 4.60. The van der Waals surface area contributed by atoms with Crippen LogP contribution < -0.4 is 4.74 Å². The predicted molar refractivity (Wildman–Crippen MR) is 71.5 cm³/mol. The Balaban J connectivity index is 1.99. The van der Waals surface area contributed by atoms with Crippen LogP contribution in [-0.2, 0) is 0 Å². The van der Waals surface area contributed by atoms with Crippen molar-refractivity contribution in [1.29, 1.82) is 0 Å². The van der Waals surface area contributed by atoms with Crippen LogP contribution in [0.4, 0.5) is 4.39 Å². The summed E-state index contributed by atoms with van der Waals surface area (Å²) < 4.78 is 19.0. The lowest BCUT2D eigenvalue weighted by molar-refractivity contribution is 0.180. The molecule has 0 unspecified atom stereocenters. The zero-order valence-corrected chi connectivity index (χ0v) is 11.0. The first kappa shape index (κ1) is 13.2. The standard InChI is InChI=1S/C15H16ClFO/c16-7-2-1-4-13-8-14(17)10-15(9-13)18-11-12-5-3-6-12/h8-10,12H,2-3,5-7,11H2. The molecule has 1 aliphatic rings. The maximum Gasteiger partial charge on any atom is 0.128 e. The third kappa shape index (κ3) is 3.92. The molecular weight excluding hydrogens is 251 g/mol. The first-order valence-corrected chi connectivity index (χ1v) is 6.79. The second-order valence-corrected chi connectivity index (χ2v) is 4.90. The number of alkyl halides is 1. The van der Waals surface area contributed by atoms with E-state index in [-0.39, 0.29) is 5.82 Å². The third-order valence-electron chi connectivity index (χ3n) is 3.03. The molecule has 96 valence electrons. The van der Waals surface area contributed by atoms with Crippen LogP contribution in [0.5, 0.6) is 5.75 Å². The molecule has 3 heteroatoms. The molecule has 0 atom stereocenters. The molecule has 0 aliphatic heterocycles. The highest BCUT2D eigenvalue weighted by Gasteiger charge is 2.17. The molecule has 1 nitrogen and oxygen atoms in total. The fourth-order valence-electron chi connectivity index (χ4n) is 1.80. The molecule has 0 N–H and O–H groups in total. The predicted octanol–water partition coefficient (Wildman–Crippen LogP) is 3.99. The molecule has 18 heavy (non-hydrogen) atoms. The van der Waals surface area contributed by atoms with Crippen molar-refractivity contribution >= 4 is 11.6 Å². The molecule has 0 saturated heterocycles. The van der Waals surface area contributed by atoms with Gasteiger partial charge in [-0.1, -0.05) is 18.3 Å². The van der Waals surface area contributed by atoms with Gasteiger partial charge in [0.1, 0.15) is 11.6 Å². The van der Waals surface area contributed by atoms with Crippen molar-refractivity contribution in [3.63, 3.8) is 0 Å². The lowest BCUT2D eigenvalue weighted by Gasteiger charge is -2.25. The molecule has 1 fully saturated rings. The van der Waals surface area contributed by atoms with Gasteiger partial charge < -0.3 is 4.74 Å². The Labute approximate surface area is 112 Å². The van der Waals surface area contributed by atoms with Gasteiger partial charge in [-0.05, 0) is 30.9 Å². The quantitative estimate of drug-likeness (QED) is 0.592. The zero-order chi connectivity index (χ0) is 12.8. The molecule has 0 aromatic heterocycles. The molecule has 1 saturated carbocycles. The Kier molecular flexibility index (Phi) is 4.90. The van der Waals surface area contributed by atoms with Gasteiger partial charge in [0.05, 0.1) is 6.61 Å². The Bertz CT molecular complexity index is 457. The van der Waals surface area contributed by atoms with Crippen LogP contribution in [0.3, 0.4) is 0 Å². The van der Waals surface area contributed by atoms with Gasteiger partial charge in [0, 0.05) is 23.9 Å². The normalized spacial score (nSPS) is 14.6. The number of benzene rings is 1. The van der Waals surface area contributed by atoms with E-state index >= 15 is 0 Å². The van der Waals surface area contributed by atoms with Crippen molar-refractivity contribution < 1.29 is 9.13 Å². The topological polar surface area (TPSA) is 9.23 Å². The molecule has 0 bridgehead atoms. The van der Waals surface area contributed by atoms with E-state index in [1.54, 1.807) is 6.07 Å². The number of ether oxygens (including phenoxy) is 1. The highest BCUT2D eigenvalue weighted by Crippen LogP contribution is 2.27. The lowest BCUT2D eigenvalue weighted by atomic mass is 9.86. The molecule has 0 radical (unpaired) electrons. The number of hydrogen-bond donors (Lipinski definition) is 0. The summed E-state index contributed by atoms with van der Waals surface area (Å²) >= 11 is 5.54. The van der Waals surface area contributed by atoms with E-state index in [0.29, 0.717) is 36.1 Å². The van der Waals surface area contributed by atoms with E-state index in [9.17, 15) is 4.39 Å². The van der Waals surface area contributed by atoms with Crippen molar-refractivity contribution in [2.45, 2.75) is 25.7 Å². The van der Waals surface area contributed by atoms with E-state index in [2.05, 4.69) is 11.8 Å². The van der Waals surface area contributed by atoms with E-state index < -0.39 is 0 Å². The molecule has 1 aromatic carbocycles. The van der Waals surface area contributed by atoms with Gasteiger partial charge in [-0.15, -0.1) is 11.6 Å². The van der Waals surface area contributed by atoms with Gasteiger partial charge in [0.15, 0.2) is 0 Å². The van der Waals surface area contributed by atoms with E-state index in [1.165, 1.54) is 31.4 Å². The Hall–Kier alpha value is -1.20. The smallest absolute Gasteiger partial charge is 0.128 e. The summed E-state index contributed by atoms with van der Waals surface area (Å²) in [5, 5.41) is 0. The van der Waals surface area contributed by atoms with E-state index in [0.717, 1.165) is 0 Å². The fourth-order valence-corrected chi connectivity index (χ4v) is 1.90. The maximum absolute atomic E-state index is 13.4. The van der Waals surface area contributed by atoms with Gasteiger partial charge in [0.2, 0.25) is 0 Å². The van der Waals surface area contributed by atoms with Crippen molar-refractivity contribution in [2.75, 3.05) is 12.5 Å². The molecule has 1 aliphatic carbocycles. The molecule has 1 aromatic rings. The van der Waals surface area contributed by atoms with Crippen LogP contribution in [0.25, 0.3) is 0 Å². The maximum atomic E-state index is 13.4. The van der Waals surface area contributed by atoms with Crippen LogP contribution in [0.2, 0.25) is 0 Å². The minimum atomic E-state index is -0.309. The Morgan fingerprint density at radius 3 is 2.83 bits per heavy atom. The molecule has 0 amide bonds. The number of hydrogen-bond acceptors (Lipinski definition) is 1. The summed E-state index contributed by atoms with van der Waals surface area (Å²) in [6.07, 6.45) is 4.33. The van der Waals surface area contributed by atoms with Crippen molar-refractivity contribution in [1.82, 2.24) is 0 Å². The van der Waals surface area contributed by atoms with Crippen LogP contribution in [-0.4, -0.2) is 12.5 Å². The SMILES string of the molecule is Fc1cc(C#CCCCl)cc(OCC2CCC2)c1. The summed E-state index contributed by atoms with van der Waals surface area (Å²) in [6.45, 7) is 0.679. The Morgan fingerprint density at radius 2 is 2.17 bits per heavy atom. The number of halogens is 2. The van der Waals surface area contributed by atoms with Crippen LogP contribution in [0.1, 0.15) is 31.2 Å². The largest absolute Gasteiger partial charge is 0.493 e. The Morgan fingerprint density at radius 1 is 1.33 bits per heavy atom. The third-order valence-corrected chi connectivity index (χ3v) is 3.22. The van der Waals surface area contributed by atoms with E-state index in [4.69, 9.17) is 16.3 Å². The van der Waals surface area contributed by atoms with Gasteiger partial charge >= 0.3 is 0 Å². The highest BCUT2D eigenvalue weighted by atomic mass is 35.5. The lowest BCUT2D eigenvalue weighted by Crippen LogP contribution is -2.19. The first-order chi connectivity index (χ1) is 8.78. The zero-order valence-electron chi connectivity index (χ0n) is 10.2. The molecule has 0 heterocycles. The minimum Gasteiger partial charge on any atom is -0.493 e. The van der Waals surface area contributed by atoms with Gasteiger partial charge in [-0.3, -0.25) is 0 Å². The van der Waals surface area contributed by atoms with Gasteiger partial charge in [-0.2, -0.15) is 0 Å². The summed E-state index contributed by atoms with van der Waals surface area (Å²) in [5.41, 5.74) is 0.642. The van der Waals surface area contributed by atoms with Crippen LogP contribution in [0, 0.1) is 23.6 Å². The van der Waals surface area contributed by atoms with Crippen LogP contribution >= 0.6 is 11.6 Å². The summed E-state index contributed by atoms with van der Waals surface area (Å²) in [4.78, 5) is 0. The van der Waals surface area contributed by atoms with Crippen molar-refractivity contribution in [3.05, 3.63) is 29.6 Å². The molecule has 0 spiro atoms. The average molecular weight is 267 g/mol. The monoisotopic (exact) mass is 266 g/mol. The van der Waals surface area contributed by atoms with Crippen molar-refractivity contribution in [2.24, 2.45) is 5.92 Å². The average Bonchev–Trinajstić information content (AvgIpc) is 2.26. The van der Waals surface area contributed by atoms with E-state index in [1.807, 2.05) is 0 Å². The number of rotatable bonds is 4. The van der Waals surface area contributed by atoms with Gasteiger partial charge in [-0.25, -0.2) is 4.39 Å². The second-order valence-electron chi connectivity index (χ2n) is 4.52. The highest BCUT2D eigenvalue weighted by molar-refractivity contribution is 6.18. The van der Waals surface area contributed by atoms with Crippen molar-refractivity contribution in [3.8, 4) is 17.6 Å². The summed E-state index contributed by atoms with van der Waals surface area (Å²) in [5.74, 6) is 7.17. The summed E-state index contributed by atoms with van der Waals surface area (Å²) in [7, 11) is 0. The first-order valence-electron chi connectivity index (χ1n) is 6.26. The minimum absolute atomic E-state index is 0.309. The fraction of sp³-hybridized carbons (Fsp3) is 0.467. The second kappa shape index (κ2) is 6.66.